The molecule has 1 heterocycles. The van der Waals surface area contributed by atoms with Crippen LogP contribution in [0, 0.1) is 18.3 Å². The second-order valence-corrected chi connectivity index (χ2v) is 8.80. The van der Waals surface area contributed by atoms with Gasteiger partial charge in [-0.25, -0.2) is 0 Å². The molecule has 0 spiro atoms. The Hall–Kier alpha value is -4.30. The fourth-order valence-corrected chi connectivity index (χ4v) is 4.14. The first kappa shape index (κ1) is 29.3. The Morgan fingerprint density at radius 1 is 1.18 bits per heavy atom. The molecular weight excluding hydrogens is 539 g/mol. The van der Waals surface area contributed by atoms with Crippen molar-refractivity contribution in [2.24, 2.45) is 0 Å². The van der Waals surface area contributed by atoms with E-state index in [0.29, 0.717) is 17.5 Å². The van der Waals surface area contributed by atoms with Gasteiger partial charge in [-0.05, 0) is 37.1 Å². The summed E-state index contributed by atoms with van der Waals surface area (Å²) in [7, 11) is 2.96. The van der Waals surface area contributed by atoms with Gasteiger partial charge in [0.05, 0.1) is 41.6 Å². The standard InChI is InChI=1S/C27H23ClF3N3O5/c1-15-6-4-7-21(38-3)25(15)34(2)26(37)18-11-17(20(28)12-22(18)39-9-5-8-24(35)36)19-14-33-23(27(29,30)31)10-16(19)13-32/h4,6-7,10-12,14H,5,8-9H2,1-3H3,(H,35,36). The molecule has 3 aromatic rings. The Morgan fingerprint density at radius 2 is 1.90 bits per heavy atom. The van der Waals surface area contributed by atoms with Crippen LogP contribution in [0.15, 0.2) is 42.6 Å². The van der Waals surface area contributed by atoms with E-state index in [4.69, 9.17) is 26.2 Å². The number of aromatic nitrogens is 1. The molecule has 0 fully saturated rings. The van der Waals surface area contributed by atoms with E-state index >= 15 is 0 Å². The first-order valence-electron chi connectivity index (χ1n) is 11.5. The van der Waals surface area contributed by atoms with Gasteiger partial charge in [0.2, 0.25) is 0 Å². The minimum Gasteiger partial charge on any atom is -0.495 e. The van der Waals surface area contributed by atoms with E-state index in [2.05, 4.69) is 4.98 Å². The number of hydrogen-bond acceptors (Lipinski definition) is 6. The number of benzene rings is 2. The summed E-state index contributed by atoms with van der Waals surface area (Å²) in [6, 6.07) is 10.2. The molecule has 0 saturated carbocycles. The Morgan fingerprint density at radius 3 is 2.51 bits per heavy atom. The third-order valence-electron chi connectivity index (χ3n) is 5.76. The summed E-state index contributed by atoms with van der Waals surface area (Å²) in [5.74, 6) is -1.15. The molecule has 204 valence electrons. The zero-order valence-corrected chi connectivity index (χ0v) is 21.9. The van der Waals surface area contributed by atoms with E-state index in [1.165, 1.54) is 31.2 Å². The highest BCUT2D eigenvalue weighted by Gasteiger charge is 2.33. The number of methoxy groups -OCH3 is 1. The van der Waals surface area contributed by atoms with E-state index in [1.807, 2.05) is 0 Å². The molecule has 0 aliphatic carbocycles. The van der Waals surface area contributed by atoms with Crippen LogP contribution in [0.5, 0.6) is 11.5 Å². The maximum atomic E-state index is 13.8. The fourth-order valence-electron chi connectivity index (χ4n) is 3.88. The van der Waals surface area contributed by atoms with Gasteiger partial charge >= 0.3 is 12.1 Å². The monoisotopic (exact) mass is 561 g/mol. The lowest BCUT2D eigenvalue weighted by Crippen LogP contribution is -2.28. The van der Waals surface area contributed by atoms with Crippen LogP contribution in [0.3, 0.4) is 0 Å². The SMILES string of the molecule is COc1cccc(C)c1N(C)C(=O)c1cc(-c2cnc(C(F)(F)F)cc2C#N)c(Cl)cc1OCCCC(=O)O. The van der Waals surface area contributed by atoms with Crippen LogP contribution < -0.4 is 14.4 Å². The fraction of sp³-hybridized carbons (Fsp3) is 0.259. The number of ether oxygens (including phenoxy) is 2. The number of carboxylic acid groups (broad SMARTS) is 1. The molecule has 0 unspecified atom stereocenters. The molecule has 0 aliphatic rings. The minimum atomic E-state index is -4.77. The maximum absolute atomic E-state index is 13.8. The van der Waals surface area contributed by atoms with Gasteiger partial charge < -0.3 is 19.5 Å². The summed E-state index contributed by atoms with van der Waals surface area (Å²) in [6.07, 6.45) is -3.92. The molecule has 0 bridgehead atoms. The lowest BCUT2D eigenvalue weighted by atomic mass is 9.98. The highest BCUT2D eigenvalue weighted by molar-refractivity contribution is 6.34. The first-order chi connectivity index (χ1) is 18.4. The third-order valence-corrected chi connectivity index (χ3v) is 6.07. The average molecular weight is 562 g/mol. The Bertz CT molecular complexity index is 1450. The maximum Gasteiger partial charge on any atom is 0.433 e. The number of rotatable bonds is 9. The number of carbonyl (C=O) groups is 2. The van der Waals surface area contributed by atoms with Crippen molar-refractivity contribution in [3.63, 3.8) is 0 Å². The van der Waals surface area contributed by atoms with Gasteiger partial charge in [0, 0.05) is 36.9 Å². The predicted molar refractivity (Wildman–Crippen MR) is 137 cm³/mol. The highest BCUT2D eigenvalue weighted by Crippen LogP contribution is 2.39. The molecule has 0 aliphatic heterocycles. The number of hydrogen-bond donors (Lipinski definition) is 1. The summed E-state index contributed by atoms with van der Waals surface area (Å²) in [5, 5.41) is 18.4. The molecule has 0 radical (unpaired) electrons. The molecular formula is C27H23ClF3N3O5. The lowest BCUT2D eigenvalue weighted by Gasteiger charge is -2.24. The van der Waals surface area contributed by atoms with Crippen LogP contribution in [0.2, 0.25) is 5.02 Å². The number of pyridine rings is 1. The van der Waals surface area contributed by atoms with Crippen molar-refractivity contribution in [1.29, 1.82) is 5.26 Å². The number of para-hydroxylation sites is 1. The number of anilines is 1. The summed E-state index contributed by atoms with van der Waals surface area (Å²) >= 11 is 6.45. The van der Waals surface area contributed by atoms with E-state index in [9.17, 15) is 28.0 Å². The van der Waals surface area contributed by atoms with Gasteiger partial charge in [-0.15, -0.1) is 0 Å². The highest BCUT2D eigenvalue weighted by atomic mass is 35.5. The number of aryl methyl sites for hydroxylation is 1. The molecule has 0 atom stereocenters. The molecule has 1 N–H and O–H groups in total. The van der Waals surface area contributed by atoms with Crippen LogP contribution in [0.4, 0.5) is 18.9 Å². The van der Waals surface area contributed by atoms with Gasteiger partial charge in [-0.1, -0.05) is 23.7 Å². The lowest BCUT2D eigenvalue weighted by molar-refractivity contribution is -0.141. The molecule has 2 aromatic carbocycles. The summed E-state index contributed by atoms with van der Waals surface area (Å²) < 4.78 is 50.6. The molecule has 12 heteroatoms. The second-order valence-electron chi connectivity index (χ2n) is 8.39. The van der Waals surface area contributed by atoms with Crippen LogP contribution in [-0.2, 0) is 11.0 Å². The van der Waals surface area contributed by atoms with E-state index in [1.54, 1.807) is 31.2 Å². The summed E-state index contributed by atoms with van der Waals surface area (Å²) in [5.41, 5.74) is -0.365. The number of halogens is 4. The van der Waals surface area contributed by atoms with Gasteiger partial charge in [0.25, 0.3) is 5.91 Å². The molecule has 8 nitrogen and oxygen atoms in total. The number of aliphatic carboxylic acids is 1. The van der Waals surface area contributed by atoms with Crippen LogP contribution in [0.25, 0.3) is 11.1 Å². The quantitative estimate of drug-likeness (QED) is 0.313. The van der Waals surface area contributed by atoms with Crippen molar-refractivity contribution in [2.45, 2.75) is 25.9 Å². The zero-order chi connectivity index (χ0) is 28.9. The van der Waals surface area contributed by atoms with Crippen molar-refractivity contribution in [2.75, 3.05) is 25.7 Å². The van der Waals surface area contributed by atoms with E-state index < -0.39 is 23.7 Å². The zero-order valence-electron chi connectivity index (χ0n) is 21.1. The Labute approximate surface area is 227 Å². The van der Waals surface area contributed by atoms with Crippen molar-refractivity contribution >= 4 is 29.2 Å². The molecule has 1 amide bonds. The van der Waals surface area contributed by atoms with Gasteiger partial charge in [0.1, 0.15) is 17.2 Å². The summed E-state index contributed by atoms with van der Waals surface area (Å²) in [4.78, 5) is 29.4. The molecule has 1 aromatic heterocycles. The number of carbonyl (C=O) groups excluding carboxylic acids is 1. The van der Waals surface area contributed by atoms with Crippen LogP contribution in [0.1, 0.15) is 40.0 Å². The Balaban J connectivity index is 2.16. The largest absolute Gasteiger partial charge is 0.495 e. The van der Waals surface area contributed by atoms with Crippen molar-refractivity contribution in [3.8, 4) is 28.7 Å². The first-order valence-corrected chi connectivity index (χ1v) is 11.8. The van der Waals surface area contributed by atoms with Gasteiger partial charge in [0.15, 0.2) is 0 Å². The molecule has 39 heavy (non-hydrogen) atoms. The van der Waals surface area contributed by atoms with Gasteiger partial charge in [-0.3, -0.25) is 14.6 Å². The number of amides is 1. The molecule has 0 saturated heterocycles. The van der Waals surface area contributed by atoms with Crippen molar-refractivity contribution < 1.29 is 37.3 Å². The molecule has 3 rings (SSSR count). The Kier molecular flexibility index (Phi) is 9.04. The predicted octanol–water partition coefficient (Wildman–Crippen LogP) is 6.13. The number of nitriles is 1. The average Bonchev–Trinajstić information content (AvgIpc) is 2.89. The van der Waals surface area contributed by atoms with Gasteiger partial charge in [-0.2, -0.15) is 18.4 Å². The smallest absolute Gasteiger partial charge is 0.433 e. The van der Waals surface area contributed by atoms with Crippen molar-refractivity contribution in [1.82, 2.24) is 4.98 Å². The van der Waals surface area contributed by atoms with E-state index in [0.717, 1.165) is 11.8 Å². The third kappa shape index (κ3) is 6.59. The normalized spacial score (nSPS) is 11.0. The van der Waals surface area contributed by atoms with Crippen molar-refractivity contribution in [3.05, 3.63) is 70.0 Å². The number of carboxylic acids is 1. The topological polar surface area (TPSA) is 113 Å². The summed E-state index contributed by atoms with van der Waals surface area (Å²) in [6.45, 7) is 1.73. The number of nitrogens with zero attached hydrogens (tertiary/aromatic N) is 3. The van der Waals surface area contributed by atoms with Crippen LogP contribution in [-0.4, -0.2) is 42.7 Å². The minimum absolute atomic E-state index is 0.0156. The second kappa shape index (κ2) is 12.0. The van der Waals surface area contributed by atoms with E-state index in [-0.39, 0.29) is 52.5 Å². The van der Waals surface area contributed by atoms with Crippen LogP contribution >= 0.6 is 11.6 Å². The number of alkyl halides is 3.